The Balaban J connectivity index is 2.03. The summed E-state index contributed by atoms with van der Waals surface area (Å²) >= 11 is 1.33. The van der Waals surface area contributed by atoms with Gasteiger partial charge in [-0.2, -0.15) is 4.37 Å². The second-order valence-electron chi connectivity index (χ2n) is 4.58. The fourth-order valence-corrected chi connectivity index (χ4v) is 2.80. The Morgan fingerprint density at radius 1 is 1.09 bits per heavy atom. The van der Waals surface area contributed by atoms with E-state index in [9.17, 15) is 0 Å². The molecule has 0 unspecified atom stereocenters. The van der Waals surface area contributed by atoms with Gasteiger partial charge in [0.15, 0.2) is 5.82 Å². The lowest BCUT2D eigenvalue weighted by Gasteiger charge is -2.13. The Morgan fingerprint density at radius 3 is 2.73 bits per heavy atom. The summed E-state index contributed by atoms with van der Waals surface area (Å²) in [6.45, 7) is 0. The minimum absolute atomic E-state index is 0.672. The highest BCUT2D eigenvalue weighted by Crippen LogP contribution is 2.34. The standard InChI is InChI=1S/C16H10N5S/c1-2-5-12(6-3-1)15-13(16-17-11-22-19-16)7-4-8-14(15)21-10-9-18-20-21/h1-6,8-11H. The van der Waals surface area contributed by atoms with Crippen LogP contribution in [0.3, 0.4) is 0 Å². The van der Waals surface area contributed by atoms with Gasteiger partial charge >= 0.3 is 0 Å². The first-order valence-corrected chi connectivity index (χ1v) is 7.50. The first-order valence-electron chi connectivity index (χ1n) is 6.67. The molecule has 22 heavy (non-hydrogen) atoms. The third kappa shape index (κ3) is 2.19. The van der Waals surface area contributed by atoms with Gasteiger partial charge in [-0.25, -0.2) is 9.67 Å². The Morgan fingerprint density at radius 2 is 2.00 bits per heavy atom. The van der Waals surface area contributed by atoms with Crippen LogP contribution in [0, 0.1) is 6.07 Å². The molecule has 6 heteroatoms. The van der Waals surface area contributed by atoms with Crippen LogP contribution in [-0.4, -0.2) is 24.4 Å². The van der Waals surface area contributed by atoms with Crippen molar-refractivity contribution in [3.8, 4) is 28.2 Å². The van der Waals surface area contributed by atoms with Gasteiger partial charge in [0, 0.05) is 11.1 Å². The molecule has 2 aromatic carbocycles. The molecule has 4 aromatic rings. The lowest BCUT2D eigenvalue weighted by molar-refractivity contribution is 0.804. The number of benzene rings is 2. The van der Waals surface area contributed by atoms with Gasteiger partial charge in [-0.05, 0) is 29.2 Å². The number of hydrogen-bond acceptors (Lipinski definition) is 5. The maximum absolute atomic E-state index is 4.35. The van der Waals surface area contributed by atoms with Crippen molar-refractivity contribution in [3.63, 3.8) is 0 Å². The highest BCUT2D eigenvalue weighted by atomic mass is 32.1. The van der Waals surface area contributed by atoms with E-state index in [4.69, 9.17) is 0 Å². The van der Waals surface area contributed by atoms with Gasteiger partial charge in [-0.15, -0.1) is 5.10 Å². The fraction of sp³-hybridized carbons (Fsp3) is 0. The summed E-state index contributed by atoms with van der Waals surface area (Å²) in [4.78, 5) is 4.33. The highest BCUT2D eigenvalue weighted by Gasteiger charge is 2.16. The van der Waals surface area contributed by atoms with Gasteiger partial charge in [0.05, 0.1) is 18.1 Å². The zero-order valence-corrected chi connectivity index (χ0v) is 12.2. The van der Waals surface area contributed by atoms with E-state index in [1.54, 1.807) is 16.4 Å². The van der Waals surface area contributed by atoms with Crippen molar-refractivity contribution < 1.29 is 0 Å². The van der Waals surface area contributed by atoms with Gasteiger partial charge in [0.2, 0.25) is 0 Å². The molecule has 0 saturated heterocycles. The van der Waals surface area contributed by atoms with Crippen LogP contribution in [0.4, 0.5) is 0 Å². The molecule has 0 amide bonds. The van der Waals surface area contributed by atoms with Crippen LogP contribution < -0.4 is 0 Å². The van der Waals surface area contributed by atoms with Crippen molar-refractivity contribution in [1.29, 1.82) is 0 Å². The number of hydrogen-bond donors (Lipinski definition) is 0. The largest absolute Gasteiger partial charge is 0.223 e. The summed E-state index contributed by atoms with van der Waals surface area (Å²) in [7, 11) is 0. The molecule has 2 heterocycles. The van der Waals surface area contributed by atoms with Crippen molar-refractivity contribution in [2.45, 2.75) is 0 Å². The van der Waals surface area contributed by atoms with Crippen LogP contribution in [0.1, 0.15) is 0 Å². The van der Waals surface area contributed by atoms with E-state index in [0.29, 0.717) is 5.82 Å². The molecule has 0 atom stereocenters. The van der Waals surface area contributed by atoms with Crippen LogP contribution in [0.5, 0.6) is 0 Å². The van der Waals surface area contributed by atoms with Crippen molar-refractivity contribution in [2.24, 2.45) is 0 Å². The SMILES string of the molecule is [c]1ccc(-n2ccnn2)c(-c2ccccc2)c1-c1ncsn1. The molecule has 0 aliphatic rings. The third-order valence-electron chi connectivity index (χ3n) is 3.29. The van der Waals surface area contributed by atoms with Gasteiger partial charge in [-0.1, -0.05) is 41.6 Å². The first-order chi connectivity index (χ1) is 10.9. The lowest BCUT2D eigenvalue weighted by Crippen LogP contribution is -2.00. The van der Waals surface area contributed by atoms with E-state index in [-0.39, 0.29) is 0 Å². The van der Waals surface area contributed by atoms with E-state index in [1.165, 1.54) is 11.5 Å². The summed E-state index contributed by atoms with van der Waals surface area (Å²) in [5.74, 6) is 0.672. The monoisotopic (exact) mass is 304 g/mol. The molecule has 0 aliphatic carbocycles. The van der Waals surface area contributed by atoms with Crippen LogP contribution in [0.25, 0.3) is 28.2 Å². The molecule has 0 saturated carbocycles. The van der Waals surface area contributed by atoms with Crippen LogP contribution in [0.15, 0.2) is 60.4 Å². The van der Waals surface area contributed by atoms with Crippen molar-refractivity contribution in [2.75, 3.05) is 0 Å². The van der Waals surface area contributed by atoms with Gasteiger partial charge < -0.3 is 0 Å². The maximum Gasteiger partial charge on any atom is 0.174 e. The van der Waals surface area contributed by atoms with Crippen LogP contribution in [-0.2, 0) is 0 Å². The van der Waals surface area contributed by atoms with Gasteiger partial charge in [0.25, 0.3) is 0 Å². The van der Waals surface area contributed by atoms with Crippen molar-refractivity contribution in [3.05, 3.63) is 66.4 Å². The molecule has 0 fully saturated rings. The zero-order chi connectivity index (χ0) is 14.8. The predicted molar refractivity (Wildman–Crippen MR) is 84.5 cm³/mol. The van der Waals surface area contributed by atoms with Gasteiger partial charge in [-0.3, -0.25) is 0 Å². The quantitative estimate of drug-likeness (QED) is 0.583. The predicted octanol–water partition coefficient (Wildman–Crippen LogP) is 3.25. The average Bonchev–Trinajstić information content (AvgIpc) is 3.28. The molecular weight excluding hydrogens is 294 g/mol. The molecule has 2 aromatic heterocycles. The van der Waals surface area contributed by atoms with E-state index >= 15 is 0 Å². The smallest absolute Gasteiger partial charge is 0.174 e. The summed E-state index contributed by atoms with van der Waals surface area (Å²) in [5, 5.41) is 8.01. The Hall–Kier alpha value is -2.86. The van der Waals surface area contributed by atoms with Crippen molar-refractivity contribution >= 4 is 11.5 Å². The molecule has 0 aliphatic heterocycles. The van der Waals surface area contributed by atoms with Gasteiger partial charge in [0.1, 0.15) is 5.51 Å². The first kappa shape index (κ1) is 12.8. The fourth-order valence-electron chi connectivity index (χ4n) is 2.37. The molecule has 5 nitrogen and oxygen atoms in total. The second-order valence-corrected chi connectivity index (χ2v) is 5.19. The molecule has 0 bridgehead atoms. The van der Waals surface area contributed by atoms with Crippen molar-refractivity contribution in [1.82, 2.24) is 24.4 Å². The minimum atomic E-state index is 0.672. The lowest BCUT2D eigenvalue weighted by atomic mass is 9.97. The molecular formula is C16H10N5S. The average molecular weight is 304 g/mol. The van der Waals surface area contributed by atoms with E-state index in [0.717, 1.165) is 22.4 Å². The topological polar surface area (TPSA) is 56.5 Å². The summed E-state index contributed by atoms with van der Waals surface area (Å²) in [6, 6.07) is 17.2. The number of rotatable bonds is 3. The molecule has 0 spiro atoms. The van der Waals surface area contributed by atoms with Crippen LogP contribution >= 0.6 is 11.5 Å². The van der Waals surface area contributed by atoms with E-state index < -0.39 is 0 Å². The Labute approximate surface area is 131 Å². The number of nitrogens with zero attached hydrogens (tertiary/aromatic N) is 5. The summed E-state index contributed by atoms with van der Waals surface area (Å²) < 4.78 is 6.09. The van der Waals surface area contributed by atoms with E-state index in [1.807, 2.05) is 36.5 Å². The highest BCUT2D eigenvalue weighted by molar-refractivity contribution is 7.03. The van der Waals surface area contributed by atoms with E-state index in [2.05, 4.69) is 37.9 Å². The maximum atomic E-state index is 4.35. The normalized spacial score (nSPS) is 10.7. The third-order valence-corrected chi connectivity index (χ3v) is 3.77. The Bertz CT molecular complexity index is 818. The molecule has 4 rings (SSSR count). The zero-order valence-electron chi connectivity index (χ0n) is 11.4. The number of aromatic nitrogens is 5. The molecule has 0 N–H and O–H groups in total. The second kappa shape index (κ2) is 5.50. The van der Waals surface area contributed by atoms with Crippen LogP contribution in [0.2, 0.25) is 0 Å². The molecule has 1 radical (unpaired) electrons. The Kier molecular flexibility index (Phi) is 3.21. The summed E-state index contributed by atoms with van der Waals surface area (Å²) in [6.07, 6.45) is 3.48. The minimum Gasteiger partial charge on any atom is -0.223 e. The summed E-state index contributed by atoms with van der Waals surface area (Å²) in [5.41, 5.74) is 5.56. The molecule has 105 valence electrons.